The SMILES string of the molecule is CO[C@H]1CC2CC[C@@H](C)[C@@](O)(O2)C(=O)C(=O)N2CCCC[C@H]2C(=O)O[C@H](C(C)C[C@@H]2CC[C@@H](C)[C@H](OC)C2)CC(=O)[C@H](C)/C=C(\C)[C@@H](O)[C@@H](OC)C(=O)[C@H](C)C[C@H](C)/C=C/C=CC=C1C. The predicted molar refractivity (Wildman–Crippen MR) is 248 cm³/mol. The molecule has 0 aromatic carbocycles. The van der Waals surface area contributed by atoms with Crippen molar-refractivity contribution >= 4 is 29.2 Å². The van der Waals surface area contributed by atoms with Crippen LogP contribution in [0.5, 0.6) is 0 Å². The van der Waals surface area contributed by atoms with Gasteiger partial charge in [0.2, 0.25) is 5.79 Å². The standard InChI is InChI=1S/C52H81NO12/c1-31-17-13-12-14-18-32(2)44(62-10)29-40-23-21-38(8)52(60,65-40)49(57)50(58)53-24-16-15-19-41(53)51(59)64-45(35(5)27-39-22-20-33(3)43(28-39)61-9)30-42(54)34(4)26-37(7)47(56)48(63-11)46(55)36(6)25-31/h12-14,17-18,26,31,33-36,38-41,43-45,47-48,56,60H,15-16,19-25,27-30H2,1-11H3/b14-12?,17-13+,32-18?,37-26+/t31-,33-,34-,35?,36-,38-,39+,40?,41+,43-,44+,45+,47-,48+,52-/m1/s1. The smallest absolute Gasteiger partial charge is 0.329 e. The number of allylic oxidation sites excluding steroid dienone is 6. The molecule has 2 bridgehead atoms. The average molecular weight is 912 g/mol. The fraction of sp³-hybridized carbons (Fsp3) is 0.750. The minimum Gasteiger partial charge on any atom is -0.460 e. The first-order valence-electron chi connectivity index (χ1n) is 24.2. The number of aliphatic hydroxyl groups is 2. The zero-order valence-electron chi connectivity index (χ0n) is 41.2. The Labute approximate surface area is 388 Å². The summed E-state index contributed by atoms with van der Waals surface area (Å²) in [6, 6.07) is -1.11. The largest absolute Gasteiger partial charge is 0.460 e. The molecule has 13 nitrogen and oxygen atoms in total. The number of aliphatic hydroxyl groups excluding tert-OH is 1. The second-order valence-corrected chi connectivity index (χ2v) is 20.0. The molecular formula is C52H81NO12. The van der Waals surface area contributed by atoms with Crippen molar-refractivity contribution in [1.82, 2.24) is 4.90 Å². The van der Waals surface area contributed by atoms with Crippen molar-refractivity contribution in [2.45, 2.75) is 181 Å². The van der Waals surface area contributed by atoms with E-state index < -0.39 is 77.8 Å². The monoisotopic (exact) mass is 912 g/mol. The topological polar surface area (TPSA) is 175 Å². The van der Waals surface area contributed by atoms with Gasteiger partial charge in [-0.1, -0.05) is 78.0 Å². The lowest BCUT2D eigenvalue weighted by Gasteiger charge is -2.42. The van der Waals surface area contributed by atoms with E-state index in [4.69, 9.17) is 23.7 Å². The number of carbonyl (C=O) groups excluding carboxylic acids is 5. The molecule has 1 amide bonds. The molecule has 2 N–H and O–H groups in total. The third-order valence-corrected chi connectivity index (χ3v) is 14.8. The minimum absolute atomic E-state index is 0.0304. The van der Waals surface area contributed by atoms with Gasteiger partial charge in [0, 0.05) is 58.5 Å². The second-order valence-electron chi connectivity index (χ2n) is 20.0. The highest BCUT2D eigenvalue weighted by atomic mass is 16.6. The van der Waals surface area contributed by atoms with Crippen LogP contribution in [-0.2, 0) is 47.7 Å². The first-order chi connectivity index (χ1) is 30.7. The first-order valence-corrected chi connectivity index (χ1v) is 24.2. The Hall–Kier alpha value is -3.33. The number of hydrogen-bond donors (Lipinski definition) is 2. The summed E-state index contributed by atoms with van der Waals surface area (Å²) in [5.41, 5.74) is 1.30. The molecule has 0 radical (unpaired) electrons. The number of esters is 1. The third kappa shape index (κ3) is 14.3. The van der Waals surface area contributed by atoms with Crippen molar-refractivity contribution in [3.63, 3.8) is 0 Å². The van der Waals surface area contributed by atoms with E-state index in [9.17, 15) is 34.2 Å². The van der Waals surface area contributed by atoms with Crippen LogP contribution in [0.4, 0.5) is 0 Å². The van der Waals surface area contributed by atoms with Crippen LogP contribution in [0.3, 0.4) is 0 Å². The second kappa shape index (κ2) is 25.2. The van der Waals surface area contributed by atoms with E-state index in [1.165, 1.54) is 12.0 Å². The molecule has 3 aliphatic heterocycles. The van der Waals surface area contributed by atoms with Gasteiger partial charge in [0.1, 0.15) is 30.1 Å². The molecule has 0 spiro atoms. The van der Waals surface area contributed by atoms with Crippen molar-refractivity contribution < 1.29 is 57.9 Å². The Morgan fingerprint density at radius 2 is 1.57 bits per heavy atom. The van der Waals surface area contributed by atoms with E-state index in [2.05, 4.69) is 6.92 Å². The van der Waals surface area contributed by atoms with Crippen LogP contribution < -0.4 is 0 Å². The van der Waals surface area contributed by atoms with Gasteiger partial charge >= 0.3 is 5.97 Å². The Balaban J connectivity index is 1.70. The van der Waals surface area contributed by atoms with Crippen LogP contribution in [0, 0.1) is 41.4 Å². The molecule has 13 heteroatoms. The number of ether oxygens (including phenoxy) is 5. The summed E-state index contributed by atoms with van der Waals surface area (Å²) >= 11 is 0. The zero-order valence-corrected chi connectivity index (χ0v) is 41.2. The number of nitrogens with zero attached hydrogens (tertiary/aromatic N) is 1. The van der Waals surface area contributed by atoms with Gasteiger partial charge < -0.3 is 38.8 Å². The lowest BCUT2D eigenvalue weighted by atomic mass is 9.76. The molecule has 1 saturated carbocycles. The highest BCUT2D eigenvalue weighted by molar-refractivity contribution is 6.39. The van der Waals surface area contributed by atoms with Crippen LogP contribution in [0.15, 0.2) is 47.6 Å². The van der Waals surface area contributed by atoms with Gasteiger partial charge in [-0.25, -0.2) is 4.79 Å². The maximum absolute atomic E-state index is 14.4. The number of cyclic esters (lactones) is 1. The lowest BCUT2D eigenvalue weighted by Crippen LogP contribution is -2.61. The highest BCUT2D eigenvalue weighted by Gasteiger charge is 2.53. The summed E-state index contributed by atoms with van der Waals surface area (Å²) in [6.07, 6.45) is 13.6. The van der Waals surface area contributed by atoms with E-state index in [1.807, 2.05) is 58.1 Å². The van der Waals surface area contributed by atoms with Crippen molar-refractivity contribution in [3.8, 4) is 0 Å². The zero-order chi connectivity index (χ0) is 48.2. The number of carbonyl (C=O) groups is 5. The number of rotatable bonds is 6. The predicted octanol–water partition coefficient (Wildman–Crippen LogP) is 7.46. The van der Waals surface area contributed by atoms with Crippen LogP contribution in [0.2, 0.25) is 0 Å². The highest BCUT2D eigenvalue weighted by Crippen LogP contribution is 2.38. The van der Waals surface area contributed by atoms with Crippen LogP contribution in [0.25, 0.3) is 0 Å². The van der Waals surface area contributed by atoms with Crippen LogP contribution in [-0.4, -0.2) is 121 Å². The molecule has 2 saturated heterocycles. The van der Waals surface area contributed by atoms with Crippen molar-refractivity contribution in [2.24, 2.45) is 41.4 Å². The van der Waals surface area contributed by atoms with E-state index in [-0.39, 0.29) is 54.8 Å². The molecule has 4 rings (SSSR count). The van der Waals surface area contributed by atoms with E-state index in [1.54, 1.807) is 41.1 Å². The third-order valence-electron chi connectivity index (χ3n) is 14.8. The molecule has 0 aromatic rings. The van der Waals surface area contributed by atoms with Gasteiger partial charge in [-0.15, -0.1) is 0 Å². The molecule has 2 unspecified atom stereocenters. The minimum atomic E-state index is -2.41. The van der Waals surface area contributed by atoms with Gasteiger partial charge in [0.15, 0.2) is 5.78 Å². The lowest BCUT2D eigenvalue weighted by molar-refractivity contribution is -0.265. The molecule has 1 aliphatic carbocycles. The first kappa shape index (κ1) is 54.3. The number of hydrogen-bond acceptors (Lipinski definition) is 12. The number of fused-ring (bicyclic) bond motifs is 3. The Morgan fingerprint density at radius 1 is 0.846 bits per heavy atom. The summed E-state index contributed by atoms with van der Waals surface area (Å²) in [5, 5.41) is 23.4. The Kier molecular flexibility index (Phi) is 21.0. The van der Waals surface area contributed by atoms with Crippen molar-refractivity contribution in [2.75, 3.05) is 27.9 Å². The molecule has 4 aliphatic rings. The Bertz CT molecular complexity index is 1750. The molecule has 3 heterocycles. The van der Waals surface area contributed by atoms with Crippen molar-refractivity contribution in [1.29, 1.82) is 0 Å². The molecule has 366 valence electrons. The van der Waals surface area contributed by atoms with Crippen LogP contribution in [0.1, 0.15) is 132 Å². The van der Waals surface area contributed by atoms with E-state index >= 15 is 0 Å². The van der Waals surface area contributed by atoms with Gasteiger partial charge in [-0.2, -0.15) is 0 Å². The molecule has 15 atom stereocenters. The fourth-order valence-corrected chi connectivity index (χ4v) is 10.4. The van der Waals surface area contributed by atoms with Gasteiger partial charge in [0.05, 0.1) is 18.3 Å². The summed E-state index contributed by atoms with van der Waals surface area (Å²) in [5.74, 6) is -7.07. The average Bonchev–Trinajstić information content (AvgIpc) is 3.28. The number of ketones is 3. The number of methoxy groups -OCH3 is 3. The number of piperidine rings is 1. The summed E-state index contributed by atoms with van der Waals surface area (Å²) < 4.78 is 29.7. The summed E-state index contributed by atoms with van der Waals surface area (Å²) in [6.45, 7) is 15.1. The van der Waals surface area contributed by atoms with Crippen LogP contribution >= 0.6 is 0 Å². The molecule has 65 heavy (non-hydrogen) atoms. The van der Waals surface area contributed by atoms with E-state index in [0.717, 1.165) is 24.8 Å². The fourth-order valence-electron chi connectivity index (χ4n) is 10.4. The van der Waals surface area contributed by atoms with Gasteiger partial charge in [-0.3, -0.25) is 19.2 Å². The maximum Gasteiger partial charge on any atom is 0.329 e. The maximum atomic E-state index is 14.4. The number of Topliss-reactive ketones (excluding diaryl/α,β-unsaturated/α-hetero) is 3. The molecular weight excluding hydrogens is 831 g/mol. The van der Waals surface area contributed by atoms with Gasteiger partial charge in [-0.05, 0) is 113 Å². The number of amides is 1. The molecule has 0 aromatic heterocycles. The van der Waals surface area contributed by atoms with Crippen molar-refractivity contribution in [3.05, 3.63) is 47.6 Å². The normalized spacial score (nSPS) is 39.1. The Morgan fingerprint density at radius 3 is 2.25 bits per heavy atom. The quantitative estimate of drug-likeness (QED) is 0.153. The summed E-state index contributed by atoms with van der Waals surface area (Å²) in [7, 11) is 4.70. The summed E-state index contributed by atoms with van der Waals surface area (Å²) in [4.78, 5) is 71.9. The van der Waals surface area contributed by atoms with E-state index in [0.29, 0.717) is 56.4 Å². The van der Waals surface area contributed by atoms with Gasteiger partial charge in [0.25, 0.3) is 11.7 Å². The molecule has 3 fully saturated rings.